The lowest BCUT2D eigenvalue weighted by Crippen LogP contribution is -2.15. The minimum atomic E-state index is -0.327. The quantitative estimate of drug-likeness (QED) is 0.854. The number of benzene rings is 1. The van der Waals surface area contributed by atoms with Gasteiger partial charge in [0, 0.05) is 23.7 Å². The number of ether oxygens (including phenoxy) is 2. The molecule has 0 radical (unpaired) electrons. The Balaban J connectivity index is 2.51. The number of hydrogen-bond acceptors (Lipinski definition) is 4. The van der Waals surface area contributed by atoms with Crippen molar-refractivity contribution in [2.75, 3.05) is 14.2 Å². The van der Waals surface area contributed by atoms with Gasteiger partial charge in [-0.25, -0.2) is 0 Å². The van der Waals surface area contributed by atoms with Crippen LogP contribution in [0.15, 0.2) is 23.2 Å². The average molecular weight is 348 g/mol. The van der Waals surface area contributed by atoms with E-state index in [2.05, 4.69) is 32.7 Å². The van der Waals surface area contributed by atoms with E-state index < -0.39 is 0 Å². The first-order valence-corrected chi connectivity index (χ1v) is 8.48. The van der Waals surface area contributed by atoms with Crippen molar-refractivity contribution in [3.63, 3.8) is 0 Å². The van der Waals surface area contributed by atoms with Gasteiger partial charge in [0.1, 0.15) is 11.5 Å². The van der Waals surface area contributed by atoms with Crippen molar-refractivity contribution in [2.45, 2.75) is 33.1 Å². The van der Waals surface area contributed by atoms with Crippen molar-refractivity contribution in [3.8, 4) is 11.5 Å². The number of carbonyl (C=O) groups is 1. The molecule has 0 atom stereocenters. The molecule has 1 heterocycles. The van der Waals surface area contributed by atoms with E-state index in [9.17, 15) is 4.79 Å². The van der Waals surface area contributed by atoms with Crippen LogP contribution in [-0.4, -0.2) is 24.7 Å². The van der Waals surface area contributed by atoms with Gasteiger partial charge < -0.3 is 14.0 Å². The Kier molecular flexibility index (Phi) is 5.18. The molecule has 0 fully saturated rings. The fraction of sp³-hybridized carbons (Fsp3) is 0.444. The predicted octanol–water partition coefficient (Wildman–Crippen LogP) is 3.45. The molecule has 0 aliphatic carbocycles. The summed E-state index contributed by atoms with van der Waals surface area (Å²) in [6, 6.07) is 5.09. The highest BCUT2D eigenvalue weighted by molar-refractivity contribution is 7.09. The van der Waals surface area contributed by atoms with Crippen LogP contribution in [0.5, 0.6) is 11.5 Å². The zero-order valence-electron chi connectivity index (χ0n) is 15.3. The second-order valence-electron chi connectivity index (χ2n) is 6.59. The summed E-state index contributed by atoms with van der Waals surface area (Å²) >= 11 is 1.55. The summed E-state index contributed by atoms with van der Waals surface area (Å²) in [5.41, 5.74) is 1.56. The summed E-state index contributed by atoms with van der Waals surface area (Å²) in [5.74, 6) is 0.762. The zero-order valence-corrected chi connectivity index (χ0v) is 16.1. The number of amides is 1. The molecule has 0 aliphatic rings. The Bertz CT molecular complexity index is 826. The lowest BCUT2D eigenvalue weighted by atomic mass is 9.93. The van der Waals surface area contributed by atoms with Gasteiger partial charge in [-0.05, 0) is 24.5 Å². The van der Waals surface area contributed by atoms with Crippen molar-refractivity contribution < 1.29 is 14.3 Å². The number of thiazole rings is 1. The van der Waals surface area contributed by atoms with Crippen LogP contribution < -0.4 is 14.3 Å². The van der Waals surface area contributed by atoms with E-state index >= 15 is 0 Å². The molecule has 24 heavy (non-hydrogen) atoms. The first kappa shape index (κ1) is 18.3. The molecular formula is C18H24N2O3S. The van der Waals surface area contributed by atoms with Crippen LogP contribution in [0.4, 0.5) is 0 Å². The standard InChI is InChI=1S/C18H24N2O3S/c1-11-15(18(2,3)4)24-17(20(11)5)19-16(21)13-9-8-12(22-6)10-14(13)23-7/h8-10H,1-7H3. The van der Waals surface area contributed by atoms with Crippen LogP contribution in [0.3, 0.4) is 0 Å². The summed E-state index contributed by atoms with van der Waals surface area (Å²) in [5, 5.41) is 0. The van der Waals surface area contributed by atoms with Gasteiger partial charge in [-0.2, -0.15) is 4.99 Å². The van der Waals surface area contributed by atoms with Gasteiger partial charge in [-0.1, -0.05) is 20.8 Å². The van der Waals surface area contributed by atoms with Crippen LogP contribution in [-0.2, 0) is 12.5 Å². The van der Waals surface area contributed by atoms with Crippen molar-refractivity contribution in [1.82, 2.24) is 4.57 Å². The van der Waals surface area contributed by atoms with Crippen molar-refractivity contribution in [3.05, 3.63) is 39.1 Å². The van der Waals surface area contributed by atoms with Crippen LogP contribution in [0.1, 0.15) is 41.7 Å². The second kappa shape index (κ2) is 6.81. The summed E-state index contributed by atoms with van der Waals surface area (Å²) in [4.78, 5) is 18.8. The number of rotatable bonds is 3. The van der Waals surface area contributed by atoms with E-state index in [-0.39, 0.29) is 11.3 Å². The van der Waals surface area contributed by atoms with Gasteiger partial charge in [0.2, 0.25) is 0 Å². The summed E-state index contributed by atoms with van der Waals surface area (Å²) in [6.45, 7) is 8.52. The summed E-state index contributed by atoms with van der Waals surface area (Å²) in [6.07, 6.45) is 0. The monoisotopic (exact) mass is 348 g/mol. The number of methoxy groups -OCH3 is 2. The maximum absolute atomic E-state index is 12.6. The minimum absolute atomic E-state index is 0.0150. The fourth-order valence-corrected chi connectivity index (χ4v) is 3.62. The van der Waals surface area contributed by atoms with Crippen LogP contribution in [0.2, 0.25) is 0 Å². The van der Waals surface area contributed by atoms with E-state index in [0.29, 0.717) is 21.9 Å². The van der Waals surface area contributed by atoms with E-state index in [1.54, 1.807) is 36.6 Å². The molecule has 0 N–H and O–H groups in total. The Morgan fingerprint density at radius 2 is 1.88 bits per heavy atom. The van der Waals surface area contributed by atoms with E-state index in [4.69, 9.17) is 9.47 Å². The van der Waals surface area contributed by atoms with Gasteiger partial charge >= 0.3 is 0 Å². The highest BCUT2D eigenvalue weighted by atomic mass is 32.1. The Morgan fingerprint density at radius 1 is 1.21 bits per heavy atom. The highest BCUT2D eigenvalue weighted by Gasteiger charge is 2.21. The van der Waals surface area contributed by atoms with Crippen LogP contribution >= 0.6 is 11.3 Å². The van der Waals surface area contributed by atoms with Gasteiger partial charge in [-0.3, -0.25) is 4.79 Å². The number of nitrogens with zero attached hydrogens (tertiary/aromatic N) is 2. The zero-order chi connectivity index (χ0) is 18.1. The molecule has 0 spiro atoms. The lowest BCUT2D eigenvalue weighted by Gasteiger charge is -2.17. The SMILES string of the molecule is COc1ccc(C(=O)N=c2sc(C(C)(C)C)c(C)n2C)c(OC)c1. The molecule has 0 saturated heterocycles. The third-order valence-electron chi connectivity index (χ3n) is 3.83. The molecule has 0 aliphatic heterocycles. The minimum Gasteiger partial charge on any atom is -0.497 e. The first-order chi connectivity index (χ1) is 11.2. The van der Waals surface area contributed by atoms with Crippen molar-refractivity contribution in [1.29, 1.82) is 0 Å². The summed E-state index contributed by atoms with van der Waals surface area (Å²) < 4.78 is 12.4. The highest BCUT2D eigenvalue weighted by Crippen LogP contribution is 2.28. The van der Waals surface area contributed by atoms with E-state index in [0.717, 1.165) is 5.69 Å². The van der Waals surface area contributed by atoms with Crippen LogP contribution in [0, 0.1) is 6.92 Å². The molecule has 1 aromatic heterocycles. The van der Waals surface area contributed by atoms with E-state index in [1.807, 2.05) is 11.6 Å². The topological polar surface area (TPSA) is 52.8 Å². The number of hydrogen-bond donors (Lipinski definition) is 0. The molecule has 2 aromatic rings. The molecule has 0 bridgehead atoms. The molecule has 5 nitrogen and oxygen atoms in total. The smallest absolute Gasteiger partial charge is 0.283 e. The Labute approximate surface area is 146 Å². The van der Waals surface area contributed by atoms with Crippen molar-refractivity contribution >= 4 is 17.2 Å². The predicted molar refractivity (Wildman–Crippen MR) is 96.2 cm³/mol. The number of carbonyl (C=O) groups excluding carboxylic acids is 1. The largest absolute Gasteiger partial charge is 0.497 e. The molecule has 6 heteroatoms. The maximum atomic E-state index is 12.6. The third kappa shape index (κ3) is 3.53. The molecule has 0 saturated carbocycles. The Hall–Kier alpha value is -2.08. The maximum Gasteiger partial charge on any atom is 0.283 e. The molecule has 0 unspecified atom stereocenters. The summed E-state index contributed by atoms with van der Waals surface area (Å²) in [7, 11) is 5.03. The normalized spacial score (nSPS) is 12.4. The van der Waals surface area contributed by atoms with Crippen molar-refractivity contribution in [2.24, 2.45) is 12.0 Å². The molecule has 1 aromatic carbocycles. The fourth-order valence-electron chi connectivity index (χ4n) is 2.45. The van der Waals surface area contributed by atoms with Gasteiger partial charge in [-0.15, -0.1) is 11.3 Å². The van der Waals surface area contributed by atoms with Gasteiger partial charge in [0.05, 0.1) is 19.8 Å². The van der Waals surface area contributed by atoms with Gasteiger partial charge in [0.25, 0.3) is 5.91 Å². The molecule has 2 rings (SSSR count). The number of aromatic nitrogens is 1. The molecule has 1 amide bonds. The second-order valence-corrected chi connectivity index (χ2v) is 7.57. The Morgan fingerprint density at radius 3 is 2.38 bits per heavy atom. The van der Waals surface area contributed by atoms with Crippen LogP contribution in [0.25, 0.3) is 0 Å². The first-order valence-electron chi connectivity index (χ1n) is 7.67. The molecule has 130 valence electrons. The third-order valence-corrected chi connectivity index (χ3v) is 5.49. The average Bonchev–Trinajstić information content (AvgIpc) is 2.82. The van der Waals surface area contributed by atoms with Gasteiger partial charge in [0.15, 0.2) is 4.80 Å². The lowest BCUT2D eigenvalue weighted by molar-refractivity contribution is 0.0995. The molecular weight excluding hydrogens is 324 g/mol. The van der Waals surface area contributed by atoms with E-state index in [1.165, 1.54) is 12.0 Å².